The smallest absolute Gasteiger partial charge is 0.219 e. The summed E-state index contributed by atoms with van der Waals surface area (Å²) in [7, 11) is 0. The highest BCUT2D eigenvalue weighted by Gasteiger charge is 2.06. The minimum absolute atomic E-state index is 0.0360. The van der Waals surface area contributed by atoms with Gasteiger partial charge in [-0.15, -0.1) is 0 Å². The number of nitrogens with zero attached hydrogens (tertiary/aromatic N) is 2. The average molecular weight is 195 g/mol. The number of hydrogen-bond donors (Lipinski definition) is 3. The Kier molecular flexibility index (Phi) is 3.11. The van der Waals surface area contributed by atoms with Crippen LogP contribution in [-0.4, -0.2) is 11.9 Å². The van der Waals surface area contributed by atoms with Gasteiger partial charge < -0.3 is 21.6 Å². The standard InChI is InChI=1S/C8H13N5O/c1-5(6-3-2-4-14-6)12-8(11)13-7(9)10/h2-5H,1H3,(H6,9,10,11,12,13). The zero-order valence-corrected chi connectivity index (χ0v) is 7.84. The van der Waals surface area contributed by atoms with Gasteiger partial charge in [-0.25, -0.2) is 4.99 Å². The summed E-state index contributed by atoms with van der Waals surface area (Å²) < 4.78 is 5.13. The highest BCUT2D eigenvalue weighted by molar-refractivity contribution is 5.92. The molecule has 0 radical (unpaired) electrons. The molecule has 0 aromatic carbocycles. The maximum absolute atomic E-state index is 5.44. The molecular formula is C8H13N5O. The van der Waals surface area contributed by atoms with Crippen LogP contribution >= 0.6 is 0 Å². The van der Waals surface area contributed by atoms with Gasteiger partial charge in [0.05, 0.1) is 6.26 Å². The number of hydrogen-bond acceptors (Lipinski definition) is 2. The van der Waals surface area contributed by atoms with Gasteiger partial charge in [-0.1, -0.05) is 0 Å². The largest absolute Gasteiger partial charge is 0.467 e. The third-order valence-electron chi connectivity index (χ3n) is 1.52. The highest BCUT2D eigenvalue weighted by Crippen LogP contribution is 2.16. The molecule has 0 aliphatic carbocycles. The van der Waals surface area contributed by atoms with Crippen LogP contribution in [0.4, 0.5) is 0 Å². The van der Waals surface area contributed by atoms with Crippen molar-refractivity contribution in [1.29, 1.82) is 0 Å². The van der Waals surface area contributed by atoms with E-state index in [2.05, 4.69) is 9.98 Å². The molecule has 0 spiro atoms. The molecule has 1 rings (SSSR count). The minimum atomic E-state index is -0.201. The van der Waals surface area contributed by atoms with Crippen molar-refractivity contribution in [1.82, 2.24) is 0 Å². The molecule has 0 bridgehead atoms. The van der Waals surface area contributed by atoms with Gasteiger partial charge in [0.2, 0.25) is 5.96 Å². The second kappa shape index (κ2) is 4.31. The molecule has 14 heavy (non-hydrogen) atoms. The van der Waals surface area contributed by atoms with Crippen LogP contribution in [0.25, 0.3) is 0 Å². The summed E-state index contributed by atoms with van der Waals surface area (Å²) in [6.07, 6.45) is 1.57. The van der Waals surface area contributed by atoms with Crippen LogP contribution in [0.1, 0.15) is 18.7 Å². The van der Waals surface area contributed by atoms with Gasteiger partial charge in [-0.2, -0.15) is 4.99 Å². The van der Waals surface area contributed by atoms with Gasteiger partial charge in [0, 0.05) is 0 Å². The van der Waals surface area contributed by atoms with E-state index in [0.717, 1.165) is 0 Å². The highest BCUT2D eigenvalue weighted by atomic mass is 16.3. The molecule has 0 aliphatic heterocycles. The van der Waals surface area contributed by atoms with Gasteiger partial charge in [-0.05, 0) is 19.1 Å². The predicted octanol–water partition coefficient (Wildman–Crippen LogP) is -0.0713. The zero-order valence-electron chi connectivity index (χ0n) is 7.84. The summed E-state index contributed by atoms with van der Waals surface area (Å²) in [4.78, 5) is 7.60. The first kappa shape index (κ1) is 10.1. The molecule has 1 aromatic rings. The maximum atomic E-state index is 5.44. The Hall–Kier alpha value is -1.98. The summed E-state index contributed by atoms with van der Waals surface area (Å²) >= 11 is 0. The third-order valence-corrected chi connectivity index (χ3v) is 1.52. The van der Waals surface area contributed by atoms with Crippen LogP contribution < -0.4 is 17.2 Å². The first-order chi connectivity index (χ1) is 6.59. The molecule has 1 heterocycles. The normalized spacial score (nSPS) is 13.6. The van der Waals surface area contributed by atoms with E-state index in [4.69, 9.17) is 21.6 Å². The van der Waals surface area contributed by atoms with Crippen LogP contribution in [0, 0.1) is 0 Å². The lowest BCUT2D eigenvalue weighted by atomic mass is 10.3. The molecule has 0 aliphatic rings. The Morgan fingerprint density at radius 1 is 1.43 bits per heavy atom. The molecule has 6 N–H and O–H groups in total. The van der Waals surface area contributed by atoms with E-state index in [0.29, 0.717) is 5.76 Å². The molecule has 0 saturated heterocycles. The van der Waals surface area contributed by atoms with Crippen molar-refractivity contribution in [3.8, 4) is 0 Å². The Bertz CT molecular complexity index is 337. The number of rotatable bonds is 2. The molecule has 1 atom stereocenters. The number of guanidine groups is 2. The van der Waals surface area contributed by atoms with Crippen molar-refractivity contribution in [2.24, 2.45) is 27.2 Å². The van der Waals surface area contributed by atoms with Gasteiger partial charge >= 0.3 is 0 Å². The van der Waals surface area contributed by atoms with Crippen LogP contribution in [0.2, 0.25) is 0 Å². The molecule has 0 amide bonds. The van der Waals surface area contributed by atoms with Crippen LogP contribution in [-0.2, 0) is 0 Å². The Balaban J connectivity index is 2.73. The lowest BCUT2D eigenvalue weighted by Crippen LogP contribution is -2.26. The minimum Gasteiger partial charge on any atom is -0.467 e. The Morgan fingerprint density at radius 3 is 2.64 bits per heavy atom. The monoisotopic (exact) mass is 195 g/mol. The van der Waals surface area contributed by atoms with Gasteiger partial charge in [-0.3, -0.25) is 0 Å². The van der Waals surface area contributed by atoms with Crippen molar-refractivity contribution < 1.29 is 4.42 Å². The van der Waals surface area contributed by atoms with E-state index < -0.39 is 0 Å². The van der Waals surface area contributed by atoms with Crippen molar-refractivity contribution in [3.63, 3.8) is 0 Å². The molecule has 0 saturated carbocycles. The van der Waals surface area contributed by atoms with E-state index in [1.54, 1.807) is 18.4 Å². The van der Waals surface area contributed by atoms with Crippen molar-refractivity contribution in [2.75, 3.05) is 0 Å². The predicted molar refractivity (Wildman–Crippen MR) is 54.6 cm³/mol. The first-order valence-electron chi connectivity index (χ1n) is 4.06. The Morgan fingerprint density at radius 2 is 2.14 bits per heavy atom. The first-order valence-corrected chi connectivity index (χ1v) is 4.06. The van der Waals surface area contributed by atoms with Crippen LogP contribution in [0.3, 0.4) is 0 Å². The molecule has 76 valence electrons. The molecule has 0 fully saturated rings. The number of nitrogens with two attached hydrogens (primary N) is 3. The third kappa shape index (κ3) is 2.81. The van der Waals surface area contributed by atoms with E-state index in [1.807, 2.05) is 6.92 Å². The summed E-state index contributed by atoms with van der Waals surface area (Å²) in [5.41, 5.74) is 15.7. The SMILES string of the molecule is CC(N=C(N)N=C(N)N)c1ccco1. The van der Waals surface area contributed by atoms with Gasteiger partial charge in [0.1, 0.15) is 11.8 Å². The summed E-state index contributed by atoms with van der Waals surface area (Å²) in [5.74, 6) is 0.630. The van der Waals surface area contributed by atoms with Crippen LogP contribution in [0.5, 0.6) is 0 Å². The molecular weight excluding hydrogens is 182 g/mol. The number of furan rings is 1. The quantitative estimate of drug-likeness (QED) is 0.452. The average Bonchev–Trinajstić information content (AvgIpc) is 2.53. The molecule has 6 nitrogen and oxygen atoms in total. The second-order valence-electron chi connectivity index (χ2n) is 2.72. The van der Waals surface area contributed by atoms with E-state index in [-0.39, 0.29) is 18.0 Å². The van der Waals surface area contributed by atoms with Crippen molar-refractivity contribution >= 4 is 11.9 Å². The molecule has 1 unspecified atom stereocenters. The fourth-order valence-electron chi connectivity index (χ4n) is 0.952. The van der Waals surface area contributed by atoms with E-state index in [1.165, 1.54) is 0 Å². The van der Waals surface area contributed by atoms with E-state index >= 15 is 0 Å². The second-order valence-corrected chi connectivity index (χ2v) is 2.72. The summed E-state index contributed by atoms with van der Waals surface area (Å²) in [6.45, 7) is 1.83. The lowest BCUT2D eigenvalue weighted by Gasteiger charge is -2.02. The van der Waals surface area contributed by atoms with Crippen LogP contribution in [0.15, 0.2) is 32.8 Å². The van der Waals surface area contributed by atoms with Crippen molar-refractivity contribution in [3.05, 3.63) is 24.2 Å². The lowest BCUT2D eigenvalue weighted by molar-refractivity contribution is 0.480. The fraction of sp³-hybridized carbons (Fsp3) is 0.250. The fourth-order valence-corrected chi connectivity index (χ4v) is 0.952. The van der Waals surface area contributed by atoms with Gasteiger partial charge in [0.15, 0.2) is 5.96 Å². The zero-order chi connectivity index (χ0) is 10.6. The number of aliphatic imine (C=N–C) groups is 2. The van der Waals surface area contributed by atoms with Gasteiger partial charge in [0.25, 0.3) is 0 Å². The van der Waals surface area contributed by atoms with E-state index in [9.17, 15) is 0 Å². The summed E-state index contributed by atoms with van der Waals surface area (Å²) in [5, 5.41) is 0. The topological polar surface area (TPSA) is 116 Å². The summed E-state index contributed by atoms with van der Waals surface area (Å²) in [6, 6.07) is 3.38. The molecule has 1 aromatic heterocycles. The molecule has 6 heteroatoms. The Labute approximate surface area is 81.5 Å². The van der Waals surface area contributed by atoms with Crippen molar-refractivity contribution in [2.45, 2.75) is 13.0 Å². The maximum Gasteiger partial charge on any atom is 0.219 e.